The number of carbonyl (C=O) groups excluding carboxylic acids is 2. The zero-order valence-corrected chi connectivity index (χ0v) is 21.5. The van der Waals surface area contributed by atoms with E-state index in [1.807, 2.05) is 91.2 Å². The van der Waals surface area contributed by atoms with Crippen LogP contribution >= 0.6 is 11.6 Å². The Hall–Kier alpha value is -3.25. The van der Waals surface area contributed by atoms with Gasteiger partial charge in [0.25, 0.3) is 5.91 Å². The molecule has 1 fully saturated rings. The smallest absolute Gasteiger partial charge is 0.255 e. The highest BCUT2D eigenvalue weighted by Gasteiger charge is 2.34. The maximum atomic E-state index is 13.7. The van der Waals surface area contributed by atoms with Crippen LogP contribution in [0.15, 0.2) is 60.7 Å². The Bertz CT molecular complexity index is 1210. The summed E-state index contributed by atoms with van der Waals surface area (Å²) in [6.45, 7) is 7.69. The molecule has 0 unspecified atom stereocenters. The van der Waals surface area contributed by atoms with Gasteiger partial charge in [0.1, 0.15) is 5.75 Å². The fraction of sp³-hybridized carbons (Fsp3) is 0.357. The zero-order valence-electron chi connectivity index (χ0n) is 20.8. The average Bonchev–Trinajstić information content (AvgIpc) is 3.25. The fourth-order valence-electron chi connectivity index (χ4n) is 4.50. The van der Waals surface area contributed by atoms with Crippen molar-refractivity contribution in [3.8, 4) is 22.7 Å². The van der Waals surface area contributed by atoms with Crippen molar-refractivity contribution < 1.29 is 14.3 Å². The minimum absolute atomic E-state index is 0.0231. The minimum Gasteiger partial charge on any atom is -0.497 e. The summed E-state index contributed by atoms with van der Waals surface area (Å²) in [6, 6.07) is 19.9. The van der Waals surface area contributed by atoms with E-state index in [9.17, 15) is 9.59 Å². The molecule has 184 valence electrons. The lowest BCUT2D eigenvalue weighted by Crippen LogP contribution is -2.53. The Kier molecular flexibility index (Phi) is 7.22. The van der Waals surface area contributed by atoms with Gasteiger partial charge in [-0.05, 0) is 44.5 Å². The van der Waals surface area contributed by atoms with Crippen LogP contribution in [0.3, 0.4) is 0 Å². The molecule has 3 aromatic rings. The predicted molar refractivity (Wildman–Crippen MR) is 139 cm³/mol. The monoisotopic (exact) mass is 493 g/mol. The van der Waals surface area contributed by atoms with Gasteiger partial charge in [-0.25, -0.2) is 0 Å². The van der Waals surface area contributed by atoms with Gasteiger partial charge in [-0.3, -0.25) is 9.59 Å². The van der Waals surface area contributed by atoms with Gasteiger partial charge < -0.3 is 19.1 Å². The number of carbonyl (C=O) groups is 2. The molecule has 0 atom stereocenters. The topological polar surface area (TPSA) is 54.8 Å². The van der Waals surface area contributed by atoms with E-state index in [1.165, 1.54) is 0 Å². The van der Waals surface area contributed by atoms with Crippen LogP contribution in [0.25, 0.3) is 16.9 Å². The number of methoxy groups -OCH3 is 1. The standard InChI is InChI=1S/C28H32ClN3O3/c1-20-24(26(33)30-13-15-31(16-14-30)27(34)28(2,3)19-29)18-25(21-9-6-5-7-10-21)32(20)22-11-8-12-23(17-22)35-4/h5-12,17-18H,13-16,19H2,1-4H3. The molecule has 0 aliphatic carbocycles. The molecule has 1 aliphatic rings. The van der Waals surface area contributed by atoms with Crippen molar-refractivity contribution in [1.82, 2.24) is 14.4 Å². The largest absolute Gasteiger partial charge is 0.497 e. The van der Waals surface area contributed by atoms with Gasteiger partial charge in [0.15, 0.2) is 0 Å². The second-order valence-electron chi connectivity index (χ2n) is 9.53. The lowest BCUT2D eigenvalue weighted by Gasteiger charge is -2.38. The Morgan fingerprint density at radius 3 is 2.23 bits per heavy atom. The van der Waals surface area contributed by atoms with Crippen LogP contribution in [0.5, 0.6) is 5.75 Å². The molecule has 1 aliphatic heterocycles. The molecule has 0 spiro atoms. The lowest BCUT2D eigenvalue weighted by molar-refractivity contribution is -0.140. The zero-order chi connectivity index (χ0) is 25.2. The molecule has 1 aromatic heterocycles. The van der Waals surface area contributed by atoms with Crippen LogP contribution in [0.4, 0.5) is 0 Å². The van der Waals surface area contributed by atoms with E-state index in [2.05, 4.69) is 4.57 Å². The summed E-state index contributed by atoms with van der Waals surface area (Å²) in [5, 5.41) is 0. The number of alkyl halides is 1. The Morgan fingerprint density at radius 2 is 1.60 bits per heavy atom. The van der Waals surface area contributed by atoms with Crippen molar-refractivity contribution in [2.45, 2.75) is 20.8 Å². The number of halogens is 1. The van der Waals surface area contributed by atoms with Crippen LogP contribution < -0.4 is 4.74 Å². The number of rotatable bonds is 6. The summed E-state index contributed by atoms with van der Waals surface area (Å²) < 4.78 is 7.55. The number of aromatic nitrogens is 1. The SMILES string of the molecule is COc1cccc(-n2c(-c3ccccc3)cc(C(=O)N3CCN(C(=O)C(C)(C)CCl)CC3)c2C)c1. The van der Waals surface area contributed by atoms with Crippen LogP contribution in [0, 0.1) is 12.3 Å². The second-order valence-corrected chi connectivity index (χ2v) is 9.80. The first-order chi connectivity index (χ1) is 16.8. The Labute approximate surface area is 212 Å². The number of piperazine rings is 1. The first-order valence-electron chi connectivity index (χ1n) is 11.8. The molecule has 2 aromatic carbocycles. The van der Waals surface area contributed by atoms with Crippen molar-refractivity contribution in [3.05, 3.63) is 71.9 Å². The van der Waals surface area contributed by atoms with Gasteiger partial charge >= 0.3 is 0 Å². The molecule has 4 rings (SSSR count). The van der Waals surface area contributed by atoms with Crippen molar-refractivity contribution in [1.29, 1.82) is 0 Å². The van der Waals surface area contributed by atoms with E-state index >= 15 is 0 Å². The summed E-state index contributed by atoms with van der Waals surface area (Å²) in [4.78, 5) is 30.1. The number of ether oxygens (including phenoxy) is 1. The maximum Gasteiger partial charge on any atom is 0.255 e. The van der Waals surface area contributed by atoms with Gasteiger partial charge in [0.2, 0.25) is 5.91 Å². The van der Waals surface area contributed by atoms with Gasteiger partial charge in [0.05, 0.1) is 23.8 Å². The maximum absolute atomic E-state index is 13.7. The molecule has 0 N–H and O–H groups in total. The van der Waals surface area contributed by atoms with E-state index < -0.39 is 5.41 Å². The second kappa shape index (κ2) is 10.2. The summed E-state index contributed by atoms with van der Waals surface area (Å²) in [5.41, 5.74) is 3.81. The van der Waals surface area contributed by atoms with Crippen molar-refractivity contribution in [2.75, 3.05) is 39.2 Å². The van der Waals surface area contributed by atoms with E-state index in [0.717, 1.165) is 28.4 Å². The third kappa shape index (κ3) is 4.94. The van der Waals surface area contributed by atoms with Crippen LogP contribution in [-0.4, -0.2) is 65.4 Å². The molecule has 0 bridgehead atoms. The van der Waals surface area contributed by atoms with Gasteiger partial charge in [-0.2, -0.15) is 0 Å². The molecule has 2 amide bonds. The summed E-state index contributed by atoms with van der Waals surface area (Å²) in [5.74, 6) is 1.03. The Morgan fingerprint density at radius 1 is 0.943 bits per heavy atom. The van der Waals surface area contributed by atoms with Gasteiger partial charge in [-0.15, -0.1) is 11.6 Å². The van der Waals surface area contributed by atoms with E-state index in [0.29, 0.717) is 31.7 Å². The summed E-state index contributed by atoms with van der Waals surface area (Å²) in [7, 11) is 1.65. The first kappa shape index (κ1) is 24.9. The molecule has 7 heteroatoms. The molecule has 2 heterocycles. The molecular formula is C28H32ClN3O3. The molecule has 35 heavy (non-hydrogen) atoms. The summed E-state index contributed by atoms with van der Waals surface area (Å²) >= 11 is 6.00. The highest BCUT2D eigenvalue weighted by molar-refractivity contribution is 6.19. The first-order valence-corrected chi connectivity index (χ1v) is 12.4. The van der Waals surface area contributed by atoms with E-state index in [1.54, 1.807) is 7.11 Å². The number of amides is 2. The summed E-state index contributed by atoms with van der Waals surface area (Å²) in [6.07, 6.45) is 0. The number of hydrogen-bond acceptors (Lipinski definition) is 3. The van der Waals surface area contributed by atoms with Crippen LogP contribution in [-0.2, 0) is 4.79 Å². The third-order valence-corrected chi connectivity index (χ3v) is 7.29. The van der Waals surface area contributed by atoms with Gasteiger partial charge in [-0.1, -0.05) is 36.4 Å². The molecular weight excluding hydrogens is 462 g/mol. The molecule has 0 radical (unpaired) electrons. The number of benzene rings is 2. The van der Waals surface area contributed by atoms with E-state index in [-0.39, 0.29) is 17.7 Å². The normalized spacial score (nSPS) is 14.2. The van der Waals surface area contributed by atoms with Crippen molar-refractivity contribution >= 4 is 23.4 Å². The Balaban J connectivity index is 1.65. The predicted octanol–water partition coefficient (Wildman–Crippen LogP) is 5.01. The van der Waals surface area contributed by atoms with Gasteiger partial charge in [0, 0.05) is 49.5 Å². The molecule has 1 saturated heterocycles. The van der Waals surface area contributed by atoms with Crippen LogP contribution in [0.1, 0.15) is 29.9 Å². The van der Waals surface area contributed by atoms with Crippen molar-refractivity contribution in [3.63, 3.8) is 0 Å². The molecule has 6 nitrogen and oxygen atoms in total. The highest BCUT2D eigenvalue weighted by Crippen LogP contribution is 2.32. The van der Waals surface area contributed by atoms with Crippen molar-refractivity contribution in [2.24, 2.45) is 5.41 Å². The number of hydrogen-bond donors (Lipinski definition) is 0. The highest BCUT2D eigenvalue weighted by atomic mass is 35.5. The molecule has 0 saturated carbocycles. The quantitative estimate of drug-likeness (QED) is 0.453. The number of nitrogens with zero attached hydrogens (tertiary/aromatic N) is 3. The minimum atomic E-state index is -0.608. The third-order valence-electron chi connectivity index (χ3n) is 6.63. The van der Waals surface area contributed by atoms with E-state index in [4.69, 9.17) is 16.3 Å². The fourth-order valence-corrected chi connectivity index (χ4v) is 4.61. The average molecular weight is 494 g/mol. The lowest BCUT2D eigenvalue weighted by atomic mass is 9.94. The van der Waals surface area contributed by atoms with Crippen LogP contribution in [0.2, 0.25) is 0 Å².